The lowest BCUT2D eigenvalue weighted by atomic mass is 9.83. The summed E-state index contributed by atoms with van der Waals surface area (Å²) < 4.78 is 41.3. The first kappa shape index (κ1) is 40.9. The van der Waals surface area contributed by atoms with Crippen LogP contribution in [0.25, 0.3) is 0 Å². The number of allylic oxidation sites excluding steroid dienone is 4. The Morgan fingerprint density at radius 3 is 2.31 bits per heavy atom. The van der Waals surface area contributed by atoms with Crippen LogP contribution < -0.4 is 27.4 Å². The van der Waals surface area contributed by atoms with E-state index >= 15 is 0 Å². The number of aliphatic imine (C=N–C) groups is 1. The molecule has 0 amide bonds. The topological polar surface area (TPSA) is 141 Å². The summed E-state index contributed by atoms with van der Waals surface area (Å²) in [5.41, 5.74) is 10.9. The lowest BCUT2D eigenvalue weighted by Gasteiger charge is -2.38. The Kier molecular flexibility index (Phi) is 20.9. The Morgan fingerprint density at radius 2 is 1.88 bits per heavy atom. The molecule has 12 heteroatoms. The molecular weight excluding hydrogens is 547 g/mol. The van der Waals surface area contributed by atoms with Crippen molar-refractivity contribution >= 4 is 11.7 Å². The van der Waals surface area contributed by atoms with E-state index < -0.39 is 30.7 Å². The molecule has 2 aliphatic rings. The fourth-order valence-electron chi connectivity index (χ4n) is 3.75. The molecule has 0 aliphatic carbocycles. The Hall–Kier alpha value is -3.25. The fraction of sp³-hybridized carbons (Fsp3) is 0.600. The van der Waals surface area contributed by atoms with Gasteiger partial charge in [0.05, 0.1) is 0 Å². The summed E-state index contributed by atoms with van der Waals surface area (Å²) in [5, 5.41) is 17.1. The van der Waals surface area contributed by atoms with E-state index in [9.17, 15) is 23.1 Å². The predicted octanol–water partition coefficient (Wildman–Crippen LogP) is 4.63. The van der Waals surface area contributed by atoms with E-state index in [0.29, 0.717) is 5.82 Å². The van der Waals surface area contributed by atoms with Crippen molar-refractivity contribution in [1.29, 1.82) is 0 Å². The van der Waals surface area contributed by atoms with E-state index in [2.05, 4.69) is 53.2 Å². The third-order valence-corrected chi connectivity index (χ3v) is 6.05. The minimum absolute atomic E-state index is 0.0699. The monoisotopic (exact) mass is 601 g/mol. The molecule has 1 saturated heterocycles. The molecule has 9 nitrogen and oxygen atoms in total. The van der Waals surface area contributed by atoms with Gasteiger partial charge in [-0.05, 0) is 64.6 Å². The minimum atomic E-state index is -4.61. The second-order valence-corrected chi connectivity index (χ2v) is 10.1. The van der Waals surface area contributed by atoms with Gasteiger partial charge in [0, 0.05) is 49.2 Å². The zero-order valence-corrected chi connectivity index (χ0v) is 26.6. The lowest BCUT2D eigenvalue weighted by molar-refractivity contribution is -0.153. The lowest BCUT2D eigenvalue weighted by Crippen LogP contribution is -2.49. The highest BCUT2D eigenvalue weighted by Gasteiger charge is 2.41. The summed E-state index contributed by atoms with van der Waals surface area (Å²) in [4.78, 5) is 17.8. The number of carboxylic acids is 1. The van der Waals surface area contributed by atoms with Crippen molar-refractivity contribution in [1.82, 2.24) is 20.9 Å². The number of halogens is 3. The van der Waals surface area contributed by atoms with Crippen molar-refractivity contribution < 1.29 is 23.1 Å². The molecule has 2 heterocycles. The summed E-state index contributed by atoms with van der Waals surface area (Å²) >= 11 is 0. The number of dihydropyridines is 1. The molecule has 242 valence electrons. The third-order valence-electron chi connectivity index (χ3n) is 6.05. The van der Waals surface area contributed by atoms with Crippen molar-refractivity contribution in [3.63, 3.8) is 0 Å². The van der Waals surface area contributed by atoms with E-state index in [4.69, 9.17) is 5.73 Å². The van der Waals surface area contributed by atoms with E-state index in [1.807, 2.05) is 38.8 Å². The minimum Gasteiger partial charge on any atom is -0.479 e. The third kappa shape index (κ3) is 16.9. The molecule has 1 fully saturated rings. The second-order valence-electron chi connectivity index (χ2n) is 10.1. The van der Waals surface area contributed by atoms with Crippen LogP contribution in [0.3, 0.4) is 0 Å². The normalized spacial score (nSPS) is 19.0. The smallest absolute Gasteiger partial charge is 0.408 e. The largest absolute Gasteiger partial charge is 0.479 e. The number of likely N-dealkylation sites (N-methyl/N-ethyl adjacent to an activating group) is 1. The Balaban J connectivity index is 0. The van der Waals surface area contributed by atoms with Crippen LogP contribution in [0.2, 0.25) is 0 Å². The molecule has 0 aromatic rings. The molecule has 8 N–H and O–H groups in total. The van der Waals surface area contributed by atoms with Crippen molar-refractivity contribution in [3.05, 3.63) is 60.4 Å². The number of carboxylic acid groups (broad SMARTS) is 1. The van der Waals surface area contributed by atoms with Gasteiger partial charge < -0.3 is 37.4 Å². The van der Waals surface area contributed by atoms with E-state index in [-0.39, 0.29) is 22.5 Å². The number of carbonyl (C=O) groups is 1. The van der Waals surface area contributed by atoms with Gasteiger partial charge in [0.25, 0.3) is 0 Å². The van der Waals surface area contributed by atoms with Crippen LogP contribution in [-0.4, -0.2) is 73.7 Å². The Labute approximate surface area is 250 Å². The molecular formula is C30H54F3N7O2. The SMILES string of the molecule is C/C=C\CNC.C=C(N)/C=C(\N=C(/C)CC(NC1=CC=CNC1C(=O)O)C(F)(F)F)N1CCC(C)(C)CC1.CC.CN. The van der Waals surface area contributed by atoms with E-state index in [1.165, 1.54) is 32.3 Å². The highest BCUT2D eigenvalue weighted by Crippen LogP contribution is 2.32. The van der Waals surface area contributed by atoms with Gasteiger partial charge >= 0.3 is 12.1 Å². The average Bonchev–Trinajstić information content (AvgIpc) is 2.93. The van der Waals surface area contributed by atoms with Crippen LogP contribution in [0.1, 0.15) is 60.8 Å². The van der Waals surface area contributed by atoms with Gasteiger partial charge in [-0.3, -0.25) is 0 Å². The quantitative estimate of drug-likeness (QED) is 0.121. The maximum absolute atomic E-state index is 13.8. The van der Waals surface area contributed by atoms with Crippen LogP contribution >= 0.6 is 0 Å². The van der Waals surface area contributed by atoms with Crippen molar-refractivity contribution in [2.45, 2.75) is 79.1 Å². The number of hydrogen-bond donors (Lipinski definition) is 6. The summed E-state index contributed by atoms with van der Waals surface area (Å²) in [5.74, 6) is -0.796. The molecule has 0 radical (unpaired) electrons. The molecule has 0 aromatic heterocycles. The number of nitrogens with zero attached hydrogens (tertiary/aromatic N) is 2. The molecule has 42 heavy (non-hydrogen) atoms. The first-order chi connectivity index (χ1) is 19.7. The van der Waals surface area contributed by atoms with Gasteiger partial charge in [0.1, 0.15) is 11.9 Å². The van der Waals surface area contributed by atoms with Crippen LogP contribution in [0.15, 0.2) is 65.4 Å². The molecule has 0 saturated carbocycles. The van der Waals surface area contributed by atoms with Crippen molar-refractivity contribution in [2.75, 3.05) is 33.7 Å². The molecule has 0 bridgehead atoms. The fourth-order valence-corrected chi connectivity index (χ4v) is 3.75. The Bertz CT molecular complexity index is 945. The number of hydrogen-bond acceptors (Lipinski definition) is 8. The molecule has 2 rings (SSSR count). The van der Waals surface area contributed by atoms with Crippen LogP contribution in [0.4, 0.5) is 13.2 Å². The summed E-state index contributed by atoms with van der Waals surface area (Å²) in [7, 11) is 3.43. The predicted molar refractivity (Wildman–Crippen MR) is 169 cm³/mol. The van der Waals surface area contributed by atoms with Gasteiger partial charge in [-0.25, -0.2) is 9.79 Å². The first-order valence-corrected chi connectivity index (χ1v) is 14.2. The Morgan fingerprint density at radius 1 is 1.31 bits per heavy atom. The van der Waals surface area contributed by atoms with Gasteiger partial charge in [0.15, 0.2) is 6.04 Å². The number of likely N-dealkylation sites (tertiary alicyclic amines) is 1. The molecule has 2 unspecified atom stereocenters. The molecule has 2 aliphatic heterocycles. The number of nitrogens with one attached hydrogen (secondary N) is 3. The van der Waals surface area contributed by atoms with E-state index in [1.54, 1.807) is 6.08 Å². The first-order valence-electron chi connectivity index (χ1n) is 14.2. The van der Waals surface area contributed by atoms with Crippen LogP contribution in [0.5, 0.6) is 0 Å². The maximum Gasteiger partial charge on any atom is 0.408 e. The maximum atomic E-state index is 13.8. The van der Waals surface area contributed by atoms with Gasteiger partial charge in [-0.1, -0.05) is 46.4 Å². The van der Waals surface area contributed by atoms with Crippen molar-refractivity contribution in [2.24, 2.45) is 21.9 Å². The highest BCUT2D eigenvalue weighted by molar-refractivity contribution is 5.83. The standard InChI is InChI=1S/C22H32F3N5O2.C5H11N.C2H6.CH5N/c1-14(26)12-18(30-10-7-21(3,4)8-11-30)28-15(2)13-17(22(23,24)25)29-16-6-5-9-27-19(16)20(31)32;1-3-4-5-6-2;2*1-2/h5-6,9,12,17,19,27,29H,1,7-8,10-11,13,26H2,2-4H3,(H,31,32);3-4,6H,5H2,1-2H3;1-2H3;2H2,1H3/b18-12+,28-15+;4-3-;;. The van der Waals surface area contributed by atoms with Crippen LogP contribution in [0, 0.1) is 5.41 Å². The van der Waals surface area contributed by atoms with Gasteiger partial charge in [-0.2, -0.15) is 13.2 Å². The summed E-state index contributed by atoms with van der Waals surface area (Å²) in [6.45, 7) is 18.0. The second kappa shape index (κ2) is 21.5. The zero-order valence-electron chi connectivity index (χ0n) is 26.6. The summed E-state index contributed by atoms with van der Waals surface area (Å²) in [6, 6.07) is -3.29. The molecule has 0 spiro atoms. The molecule has 2 atom stereocenters. The highest BCUT2D eigenvalue weighted by atomic mass is 19.4. The number of rotatable bonds is 10. The number of alkyl halides is 3. The van der Waals surface area contributed by atoms with E-state index in [0.717, 1.165) is 32.5 Å². The summed E-state index contributed by atoms with van der Waals surface area (Å²) in [6.07, 6.45) is 6.58. The van der Waals surface area contributed by atoms with Crippen molar-refractivity contribution in [3.8, 4) is 0 Å². The van der Waals surface area contributed by atoms with Gasteiger partial charge in [-0.15, -0.1) is 0 Å². The number of nitrogens with two attached hydrogens (primary N) is 2. The zero-order chi connectivity index (χ0) is 32.9. The van der Waals surface area contributed by atoms with Crippen LogP contribution in [-0.2, 0) is 4.79 Å². The van der Waals surface area contributed by atoms with Gasteiger partial charge in [0.2, 0.25) is 0 Å². The number of aliphatic carboxylic acids is 1. The average molecular weight is 602 g/mol. The number of piperidine rings is 1. The molecule has 0 aromatic carbocycles.